The number of H-pyrrole nitrogens is 2. The molecule has 0 atom stereocenters. The number of nitrogens with one attached hydrogen (secondary N) is 3. The highest BCUT2D eigenvalue weighted by Gasteiger charge is 2.06. The van der Waals surface area contributed by atoms with E-state index in [-0.39, 0.29) is 5.91 Å². The fourth-order valence-corrected chi connectivity index (χ4v) is 1.85. The predicted octanol–water partition coefficient (Wildman–Crippen LogP) is 1.82. The van der Waals surface area contributed by atoms with Crippen LogP contribution in [0.15, 0.2) is 43.0 Å². The normalized spacial score (nSPS) is 10.7. The Morgan fingerprint density at radius 3 is 3.06 bits per heavy atom. The Morgan fingerprint density at radius 1 is 1.28 bits per heavy atom. The number of imidazole rings is 1. The molecule has 3 N–H and O–H groups in total. The van der Waals surface area contributed by atoms with Crippen molar-refractivity contribution in [3.8, 4) is 0 Å². The SMILES string of the molecule is O=C(NCc1cnc[nH]1)c1ccc2[nH]ccc2c1. The molecule has 0 aliphatic rings. The molecule has 0 saturated carbocycles. The molecule has 0 fully saturated rings. The summed E-state index contributed by atoms with van der Waals surface area (Å²) < 4.78 is 0. The minimum absolute atomic E-state index is 0.0901. The molecule has 1 amide bonds. The van der Waals surface area contributed by atoms with E-state index >= 15 is 0 Å². The van der Waals surface area contributed by atoms with Gasteiger partial charge in [0, 0.05) is 28.9 Å². The lowest BCUT2D eigenvalue weighted by molar-refractivity contribution is 0.0950. The number of amides is 1. The van der Waals surface area contributed by atoms with Crippen LogP contribution in [-0.4, -0.2) is 20.9 Å². The lowest BCUT2D eigenvalue weighted by Crippen LogP contribution is -2.22. The second kappa shape index (κ2) is 4.37. The maximum Gasteiger partial charge on any atom is 0.251 e. The number of carbonyl (C=O) groups excluding carboxylic acids is 1. The summed E-state index contributed by atoms with van der Waals surface area (Å²) in [6, 6.07) is 7.52. The number of fused-ring (bicyclic) bond motifs is 1. The minimum atomic E-state index is -0.0901. The van der Waals surface area contributed by atoms with Gasteiger partial charge in [-0.1, -0.05) is 0 Å². The highest BCUT2D eigenvalue weighted by Crippen LogP contribution is 2.14. The van der Waals surface area contributed by atoms with Gasteiger partial charge in [-0.25, -0.2) is 4.98 Å². The average Bonchev–Trinajstić information content (AvgIpc) is 3.05. The van der Waals surface area contributed by atoms with Crippen molar-refractivity contribution in [2.24, 2.45) is 0 Å². The van der Waals surface area contributed by atoms with Gasteiger partial charge in [0.05, 0.1) is 18.6 Å². The summed E-state index contributed by atoms with van der Waals surface area (Å²) in [5.41, 5.74) is 2.56. The molecule has 18 heavy (non-hydrogen) atoms. The first-order valence-electron chi connectivity index (χ1n) is 5.65. The molecule has 90 valence electrons. The maximum atomic E-state index is 11.9. The third-order valence-corrected chi connectivity index (χ3v) is 2.81. The van der Waals surface area contributed by atoms with Gasteiger partial charge in [-0.15, -0.1) is 0 Å². The van der Waals surface area contributed by atoms with E-state index < -0.39 is 0 Å². The summed E-state index contributed by atoms with van der Waals surface area (Å²) in [4.78, 5) is 21.9. The van der Waals surface area contributed by atoms with Crippen LogP contribution in [0.2, 0.25) is 0 Å². The van der Waals surface area contributed by atoms with E-state index in [4.69, 9.17) is 0 Å². The Bertz CT molecular complexity index is 669. The van der Waals surface area contributed by atoms with Gasteiger partial charge in [-0.2, -0.15) is 0 Å². The zero-order valence-corrected chi connectivity index (χ0v) is 9.60. The van der Waals surface area contributed by atoms with Crippen LogP contribution in [0.1, 0.15) is 16.1 Å². The largest absolute Gasteiger partial charge is 0.361 e. The zero-order valence-electron chi connectivity index (χ0n) is 9.60. The molecule has 3 aromatic rings. The molecule has 3 rings (SSSR count). The first-order chi connectivity index (χ1) is 8.83. The van der Waals surface area contributed by atoms with E-state index in [0.29, 0.717) is 12.1 Å². The lowest BCUT2D eigenvalue weighted by atomic mass is 10.1. The third kappa shape index (κ3) is 1.98. The van der Waals surface area contributed by atoms with Crippen LogP contribution in [0.5, 0.6) is 0 Å². The number of hydrogen-bond acceptors (Lipinski definition) is 2. The summed E-state index contributed by atoms with van der Waals surface area (Å²) in [6.07, 6.45) is 5.14. The molecule has 0 bridgehead atoms. The van der Waals surface area contributed by atoms with E-state index in [1.807, 2.05) is 24.4 Å². The molecule has 0 spiro atoms. The fraction of sp³-hybridized carbons (Fsp3) is 0.0769. The van der Waals surface area contributed by atoms with Crippen molar-refractivity contribution in [1.82, 2.24) is 20.3 Å². The highest BCUT2D eigenvalue weighted by molar-refractivity contribution is 5.97. The van der Waals surface area contributed by atoms with Gasteiger partial charge in [0.25, 0.3) is 5.91 Å². The topological polar surface area (TPSA) is 73.6 Å². The highest BCUT2D eigenvalue weighted by atomic mass is 16.1. The van der Waals surface area contributed by atoms with Gasteiger partial charge in [0.1, 0.15) is 0 Å². The number of carbonyl (C=O) groups is 1. The quantitative estimate of drug-likeness (QED) is 0.653. The van der Waals surface area contributed by atoms with Crippen molar-refractivity contribution in [1.29, 1.82) is 0 Å². The molecule has 2 aromatic heterocycles. The van der Waals surface area contributed by atoms with E-state index in [1.54, 1.807) is 18.6 Å². The van der Waals surface area contributed by atoms with Crippen LogP contribution in [0.4, 0.5) is 0 Å². The van der Waals surface area contributed by atoms with Gasteiger partial charge in [0.15, 0.2) is 0 Å². The smallest absolute Gasteiger partial charge is 0.251 e. The van der Waals surface area contributed by atoms with Crippen LogP contribution in [0.3, 0.4) is 0 Å². The molecule has 0 radical (unpaired) electrons. The Morgan fingerprint density at radius 2 is 2.22 bits per heavy atom. The van der Waals surface area contributed by atoms with E-state index in [0.717, 1.165) is 16.6 Å². The molecule has 0 aliphatic carbocycles. The lowest BCUT2D eigenvalue weighted by Gasteiger charge is -2.03. The van der Waals surface area contributed by atoms with Crippen LogP contribution >= 0.6 is 0 Å². The first kappa shape index (κ1) is 10.6. The van der Waals surface area contributed by atoms with Crippen molar-refractivity contribution >= 4 is 16.8 Å². The van der Waals surface area contributed by atoms with Crippen molar-refractivity contribution in [3.63, 3.8) is 0 Å². The van der Waals surface area contributed by atoms with Gasteiger partial charge in [-0.05, 0) is 24.3 Å². The standard InChI is InChI=1S/C13H12N4O/c18-13(16-7-11-6-14-8-17-11)10-1-2-12-9(5-10)3-4-15-12/h1-6,8,15H,7H2,(H,14,17)(H,16,18). The first-order valence-corrected chi connectivity index (χ1v) is 5.65. The number of rotatable bonds is 3. The number of nitrogens with zero attached hydrogens (tertiary/aromatic N) is 1. The van der Waals surface area contributed by atoms with Crippen LogP contribution in [-0.2, 0) is 6.54 Å². The molecule has 0 unspecified atom stereocenters. The fourth-order valence-electron chi connectivity index (χ4n) is 1.85. The number of hydrogen-bond donors (Lipinski definition) is 3. The van der Waals surface area contributed by atoms with E-state index in [1.165, 1.54) is 0 Å². The van der Waals surface area contributed by atoms with Crippen molar-refractivity contribution in [2.45, 2.75) is 6.54 Å². The van der Waals surface area contributed by atoms with Crippen LogP contribution in [0.25, 0.3) is 10.9 Å². The molecular weight excluding hydrogens is 228 g/mol. The minimum Gasteiger partial charge on any atom is -0.361 e. The summed E-state index contributed by atoms with van der Waals surface area (Å²) in [5, 5.41) is 3.87. The molecule has 0 saturated heterocycles. The number of aromatic amines is 2. The summed E-state index contributed by atoms with van der Waals surface area (Å²) in [7, 11) is 0. The summed E-state index contributed by atoms with van der Waals surface area (Å²) in [6.45, 7) is 0.448. The Labute approximate surface area is 103 Å². The second-order valence-corrected chi connectivity index (χ2v) is 4.04. The van der Waals surface area contributed by atoms with E-state index in [2.05, 4.69) is 20.3 Å². The number of benzene rings is 1. The maximum absolute atomic E-state index is 11.9. The third-order valence-electron chi connectivity index (χ3n) is 2.81. The average molecular weight is 240 g/mol. The van der Waals surface area contributed by atoms with Crippen LogP contribution in [0, 0.1) is 0 Å². The monoisotopic (exact) mass is 240 g/mol. The number of aromatic nitrogens is 3. The van der Waals surface area contributed by atoms with Crippen molar-refractivity contribution in [3.05, 3.63) is 54.2 Å². The van der Waals surface area contributed by atoms with Crippen molar-refractivity contribution in [2.75, 3.05) is 0 Å². The van der Waals surface area contributed by atoms with Crippen LogP contribution < -0.4 is 5.32 Å². The molecule has 1 aromatic carbocycles. The molecule has 5 heteroatoms. The Kier molecular flexibility index (Phi) is 2.57. The second-order valence-electron chi connectivity index (χ2n) is 4.04. The summed E-state index contributed by atoms with van der Waals surface area (Å²) in [5.74, 6) is -0.0901. The molecule has 0 aliphatic heterocycles. The Hall–Kier alpha value is -2.56. The van der Waals surface area contributed by atoms with Gasteiger partial charge in [0.2, 0.25) is 0 Å². The van der Waals surface area contributed by atoms with Gasteiger partial charge >= 0.3 is 0 Å². The van der Waals surface area contributed by atoms with Crippen molar-refractivity contribution < 1.29 is 4.79 Å². The summed E-state index contributed by atoms with van der Waals surface area (Å²) >= 11 is 0. The molecule has 2 heterocycles. The van der Waals surface area contributed by atoms with Gasteiger partial charge < -0.3 is 15.3 Å². The van der Waals surface area contributed by atoms with E-state index in [9.17, 15) is 4.79 Å². The molecule has 5 nitrogen and oxygen atoms in total. The molecular formula is C13H12N4O. The predicted molar refractivity (Wildman–Crippen MR) is 68.1 cm³/mol. The Balaban J connectivity index is 1.75. The van der Waals surface area contributed by atoms with Gasteiger partial charge in [-0.3, -0.25) is 4.79 Å². The zero-order chi connectivity index (χ0) is 12.4.